The molecule has 3 nitrogen and oxygen atoms in total. The molecule has 0 saturated heterocycles. The van der Waals surface area contributed by atoms with Crippen LogP contribution in [0.2, 0.25) is 0 Å². The molecule has 20 heavy (non-hydrogen) atoms. The number of aliphatic carboxylic acids is 1. The van der Waals surface area contributed by atoms with E-state index in [4.69, 9.17) is 5.11 Å². The van der Waals surface area contributed by atoms with Crippen molar-refractivity contribution in [3.05, 3.63) is 35.4 Å². The van der Waals surface area contributed by atoms with Crippen LogP contribution < -0.4 is 5.32 Å². The summed E-state index contributed by atoms with van der Waals surface area (Å²) in [6.07, 6.45) is 1.12. The molecule has 1 aromatic rings. The summed E-state index contributed by atoms with van der Waals surface area (Å²) in [5.74, 6) is -2.35. The van der Waals surface area contributed by atoms with Gasteiger partial charge in [-0.25, -0.2) is 8.78 Å². The second-order valence-corrected chi connectivity index (χ2v) is 6.07. The highest BCUT2D eigenvalue weighted by molar-refractivity contribution is 5.73. The van der Waals surface area contributed by atoms with Gasteiger partial charge in [-0.15, -0.1) is 0 Å². The van der Waals surface area contributed by atoms with Crippen LogP contribution in [-0.2, 0) is 11.3 Å². The van der Waals surface area contributed by atoms with Crippen LogP contribution in [0.4, 0.5) is 8.78 Å². The smallest absolute Gasteiger partial charge is 0.320 e. The molecular weight excluding hydrogens is 264 g/mol. The van der Waals surface area contributed by atoms with E-state index in [0.717, 1.165) is 12.1 Å². The van der Waals surface area contributed by atoms with Gasteiger partial charge in [0.25, 0.3) is 0 Å². The number of benzene rings is 1. The van der Waals surface area contributed by atoms with Crippen LogP contribution in [0.1, 0.15) is 39.2 Å². The Morgan fingerprint density at radius 2 is 1.85 bits per heavy atom. The molecule has 0 amide bonds. The summed E-state index contributed by atoms with van der Waals surface area (Å²) in [4.78, 5) is 11.2. The molecule has 0 saturated carbocycles. The molecule has 2 N–H and O–H groups in total. The largest absolute Gasteiger partial charge is 0.480 e. The third kappa shape index (κ3) is 5.25. The Morgan fingerprint density at radius 1 is 1.30 bits per heavy atom. The Balaban J connectivity index is 2.66. The van der Waals surface area contributed by atoms with Gasteiger partial charge in [-0.05, 0) is 30.4 Å². The predicted molar refractivity (Wildman–Crippen MR) is 73.3 cm³/mol. The van der Waals surface area contributed by atoms with Crippen molar-refractivity contribution in [2.45, 2.75) is 46.2 Å². The second kappa shape index (κ2) is 6.79. The standard InChI is InChI=1S/C15H21F2NO2/c1-15(2,3)8-7-13(14(19)20)18-9-10-11(16)5-4-6-12(10)17/h4-6,13,18H,7-9H2,1-3H3,(H,19,20)/t13-/m0/s1. The molecular formula is C15H21F2NO2. The van der Waals surface area contributed by atoms with E-state index in [-0.39, 0.29) is 17.5 Å². The van der Waals surface area contributed by atoms with E-state index in [9.17, 15) is 13.6 Å². The van der Waals surface area contributed by atoms with Gasteiger partial charge in [0, 0.05) is 12.1 Å². The highest BCUT2D eigenvalue weighted by atomic mass is 19.1. The van der Waals surface area contributed by atoms with E-state index in [1.54, 1.807) is 0 Å². The predicted octanol–water partition coefficient (Wildman–Crippen LogP) is 3.33. The van der Waals surface area contributed by atoms with E-state index in [2.05, 4.69) is 5.32 Å². The molecule has 0 unspecified atom stereocenters. The molecule has 0 aliphatic rings. The summed E-state index contributed by atoms with van der Waals surface area (Å²) in [6, 6.07) is 2.78. The molecule has 1 rings (SSSR count). The normalized spacial score (nSPS) is 13.2. The Morgan fingerprint density at radius 3 is 2.30 bits per heavy atom. The molecule has 0 radical (unpaired) electrons. The van der Waals surface area contributed by atoms with Gasteiger partial charge in [-0.1, -0.05) is 26.8 Å². The fourth-order valence-electron chi connectivity index (χ4n) is 1.82. The molecule has 0 heterocycles. The lowest BCUT2D eigenvalue weighted by atomic mass is 9.88. The van der Waals surface area contributed by atoms with Crippen LogP contribution in [0.15, 0.2) is 18.2 Å². The summed E-state index contributed by atoms with van der Waals surface area (Å²) in [6.45, 7) is 5.91. The minimum absolute atomic E-state index is 0.0125. The first-order valence-corrected chi connectivity index (χ1v) is 6.60. The van der Waals surface area contributed by atoms with Gasteiger partial charge in [-0.2, -0.15) is 0 Å². The van der Waals surface area contributed by atoms with Crippen molar-refractivity contribution in [2.24, 2.45) is 5.41 Å². The van der Waals surface area contributed by atoms with E-state index in [1.807, 2.05) is 20.8 Å². The molecule has 0 fully saturated rings. The minimum Gasteiger partial charge on any atom is -0.480 e. The van der Waals surface area contributed by atoms with Gasteiger partial charge in [-0.3, -0.25) is 4.79 Å². The lowest BCUT2D eigenvalue weighted by Gasteiger charge is -2.21. The first kappa shape index (κ1) is 16.6. The van der Waals surface area contributed by atoms with Crippen LogP contribution in [0, 0.1) is 17.0 Å². The molecule has 5 heteroatoms. The zero-order chi connectivity index (χ0) is 15.3. The maximum atomic E-state index is 13.4. The fourth-order valence-corrected chi connectivity index (χ4v) is 1.82. The molecule has 112 valence electrons. The van der Waals surface area contributed by atoms with Gasteiger partial charge < -0.3 is 10.4 Å². The molecule has 0 spiro atoms. The number of carboxylic acids is 1. The molecule has 0 aliphatic carbocycles. The number of halogens is 2. The van der Waals surface area contributed by atoms with Crippen molar-refractivity contribution in [2.75, 3.05) is 0 Å². The van der Waals surface area contributed by atoms with Crippen LogP contribution >= 0.6 is 0 Å². The zero-order valence-corrected chi connectivity index (χ0v) is 12.0. The van der Waals surface area contributed by atoms with Gasteiger partial charge in [0.2, 0.25) is 0 Å². The fraction of sp³-hybridized carbons (Fsp3) is 0.533. The van der Waals surface area contributed by atoms with Gasteiger partial charge in [0.1, 0.15) is 17.7 Å². The van der Waals surface area contributed by atoms with Crippen molar-refractivity contribution in [3.8, 4) is 0 Å². The molecule has 0 aliphatic heterocycles. The van der Waals surface area contributed by atoms with Crippen molar-refractivity contribution in [1.29, 1.82) is 0 Å². The minimum atomic E-state index is -1.01. The average molecular weight is 285 g/mol. The number of rotatable bonds is 6. The van der Waals surface area contributed by atoms with E-state index < -0.39 is 23.6 Å². The number of nitrogens with one attached hydrogen (secondary N) is 1. The molecule has 1 aromatic carbocycles. The monoisotopic (exact) mass is 285 g/mol. The Kier molecular flexibility index (Phi) is 5.62. The highest BCUT2D eigenvalue weighted by Crippen LogP contribution is 2.22. The first-order valence-electron chi connectivity index (χ1n) is 6.60. The van der Waals surface area contributed by atoms with E-state index in [0.29, 0.717) is 12.8 Å². The van der Waals surface area contributed by atoms with Crippen molar-refractivity contribution in [1.82, 2.24) is 5.32 Å². The van der Waals surface area contributed by atoms with E-state index >= 15 is 0 Å². The third-order valence-corrected chi connectivity index (χ3v) is 3.07. The summed E-state index contributed by atoms with van der Waals surface area (Å²) < 4.78 is 26.9. The van der Waals surface area contributed by atoms with Crippen molar-refractivity contribution < 1.29 is 18.7 Å². The Bertz CT molecular complexity index is 449. The number of carbonyl (C=O) groups is 1. The topological polar surface area (TPSA) is 49.3 Å². The van der Waals surface area contributed by atoms with Gasteiger partial charge >= 0.3 is 5.97 Å². The maximum Gasteiger partial charge on any atom is 0.320 e. The summed E-state index contributed by atoms with van der Waals surface area (Å²) in [7, 11) is 0. The van der Waals surface area contributed by atoms with Crippen LogP contribution in [0.25, 0.3) is 0 Å². The SMILES string of the molecule is CC(C)(C)CC[C@H](NCc1c(F)cccc1F)C(=O)O. The highest BCUT2D eigenvalue weighted by Gasteiger charge is 2.21. The zero-order valence-electron chi connectivity index (χ0n) is 12.0. The van der Waals surface area contributed by atoms with Crippen LogP contribution in [-0.4, -0.2) is 17.1 Å². The van der Waals surface area contributed by atoms with Crippen molar-refractivity contribution in [3.63, 3.8) is 0 Å². The molecule has 1 atom stereocenters. The maximum absolute atomic E-state index is 13.4. The Hall–Kier alpha value is -1.49. The summed E-state index contributed by atoms with van der Waals surface area (Å²) in [5.41, 5.74) is -0.118. The Labute approximate surface area is 118 Å². The number of carboxylic acid groups (broad SMARTS) is 1. The lowest BCUT2D eigenvalue weighted by molar-refractivity contribution is -0.139. The van der Waals surface area contributed by atoms with Gasteiger partial charge in [0.05, 0.1) is 0 Å². The average Bonchev–Trinajstić information content (AvgIpc) is 2.30. The first-order chi connectivity index (χ1) is 9.20. The van der Waals surface area contributed by atoms with Gasteiger partial charge in [0.15, 0.2) is 0 Å². The molecule has 0 bridgehead atoms. The second-order valence-electron chi connectivity index (χ2n) is 6.07. The van der Waals surface area contributed by atoms with Crippen molar-refractivity contribution >= 4 is 5.97 Å². The van der Waals surface area contributed by atoms with Crippen LogP contribution in [0.3, 0.4) is 0 Å². The summed E-state index contributed by atoms with van der Waals surface area (Å²) >= 11 is 0. The lowest BCUT2D eigenvalue weighted by Crippen LogP contribution is -2.37. The number of hydrogen-bond acceptors (Lipinski definition) is 2. The van der Waals surface area contributed by atoms with E-state index in [1.165, 1.54) is 6.07 Å². The number of hydrogen-bond donors (Lipinski definition) is 2. The molecule has 0 aromatic heterocycles. The third-order valence-electron chi connectivity index (χ3n) is 3.07. The quantitative estimate of drug-likeness (QED) is 0.843. The van der Waals surface area contributed by atoms with Crippen LogP contribution in [0.5, 0.6) is 0 Å². The summed E-state index contributed by atoms with van der Waals surface area (Å²) in [5, 5.41) is 11.8.